The summed E-state index contributed by atoms with van der Waals surface area (Å²) in [5.41, 5.74) is 5.44. The van der Waals surface area contributed by atoms with Crippen LogP contribution in [0.4, 0.5) is 0 Å². The maximum Gasteiger partial charge on any atom is 0.250 e. The number of hydrogen-bond donors (Lipinski definition) is 2. The van der Waals surface area contributed by atoms with Gasteiger partial charge in [0.2, 0.25) is 10.0 Å². The van der Waals surface area contributed by atoms with E-state index >= 15 is 0 Å². The predicted molar refractivity (Wildman–Crippen MR) is 69.8 cm³/mol. The van der Waals surface area contributed by atoms with Crippen LogP contribution >= 0.6 is 23.6 Å². The van der Waals surface area contributed by atoms with Gasteiger partial charge in [-0.05, 0) is 18.6 Å². The minimum absolute atomic E-state index is 0.143. The molecular weight excluding hydrogens is 280 g/mol. The monoisotopic (exact) mass is 292 g/mol. The zero-order valence-electron chi connectivity index (χ0n) is 8.88. The van der Waals surface area contributed by atoms with Crippen molar-refractivity contribution in [2.24, 2.45) is 5.73 Å². The summed E-state index contributed by atoms with van der Waals surface area (Å²) in [7, 11) is -3.48. The molecule has 0 bridgehead atoms. The summed E-state index contributed by atoms with van der Waals surface area (Å²) in [4.78, 5) is 0.809. The summed E-state index contributed by atoms with van der Waals surface area (Å²) < 4.78 is 31.9. The van der Waals surface area contributed by atoms with Gasteiger partial charge in [-0.25, -0.2) is 13.1 Å². The Balaban J connectivity index is 2.15. The molecule has 1 aliphatic heterocycles. The molecule has 0 spiro atoms. The van der Waals surface area contributed by atoms with Gasteiger partial charge in [0.05, 0.1) is 11.5 Å². The van der Waals surface area contributed by atoms with Crippen molar-refractivity contribution < 1.29 is 13.2 Å². The molecule has 8 heteroatoms. The fourth-order valence-electron chi connectivity index (χ4n) is 1.50. The van der Waals surface area contributed by atoms with Gasteiger partial charge in [0, 0.05) is 12.6 Å². The highest BCUT2D eigenvalue weighted by molar-refractivity contribution is 7.91. The smallest absolute Gasteiger partial charge is 0.250 e. The van der Waals surface area contributed by atoms with E-state index in [2.05, 4.69) is 4.72 Å². The number of sulfonamides is 1. The van der Waals surface area contributed by atoms with Crippen LogP contribution in [-0.4, -0.2) is 32.7 Å². The van der Waals surface area contributed by atoms with E-state index < -0.39 is 10.0 Å². The summed E-state index contributed by atoms with van der Waals surface area (Å²) in [6.45, 7) is 1.02. The Bertz CT molecular complexity index is 517. The molecule has 17 heavy (non-hydrogen) atoms. The normalized spacial score (nSPS) is 20.6. The van der Waals surface area contributed by atoms with Crippen LogP contribution in [0.5, 0.6) is 0 Å². The molecule has 0 aliphatic carbocycles. The third-order valence-electron chi connectivity index (χ3n) is 2.34. The van der Waals surface area contributed by atoms with E-state index in [1.165, 1.54) is 6.07 Å². The topological polar surface area (TPSA) is 81.4 Å². The molecule has 0 saturated carbocycles. The number of hydrogen-bond acceptors (Lipinski definition) is 5. The lowest BCUT2D eigenvalue weighted by atomic mass is 10.3. The Morgan fingerprint density at radius 1 is 1.59 bits per heavy atom. The van der Waals surface area contributed by atoms with Gasteiger partial charge in [0.25, 0.3) is 0 Å². The molecule has 0 radical (unpaired) electrons. The Morgan fingerprint density at radius 3 is 2.88 bits per heavy atom. The van der Waals surface area contributed by atoms with Gasteiger partial charge >= 0.3 is 0 Å². The van der Waals surface area contributed by atoms with E-state index in [1.807, 2.05) is 0 Å². The first-order valence-electron chi connectivity index (χ1n) is 4.99. The second-order valence-corrected chi connectivity index (χ2v) is 7.13. The number of ether oxygens (including phenoxy) is 1. The molecule has 94 valence electrons. The average molecular weight is 292 g/mol. The van der Waals surface area contributed by atoms with Crippen LogP contribution in [0.1, 0.15) is 11.3 Å². The molecule has 1 aliphatic rings. The first kappa shape index (κ1) is 12.9. The molecule has 1 fully saturated rings. The van der Waals surface area contributed by atoms with E-state index in [0.29, 0.717) is 24.5 Å². The molecule has 2 rings (SSSR count). The average Bonchev–Trinajstić information content (AvgIpc) is 2.84. The van der Waals surface area contributed by atoms with E-state index in [0.717, 1.165) is 11.3 Å². The zero-order valence-corrected chi connectivity index (χ0v) is 11.3. The van der Waals surface area contributed by atoms with Crippen molar-refractivity contribution in [1.29, 1.82) is 0 Å². The molecule has 1 aromatic heterocycles. The van der Waals surface area contributed by atoms with Gasteiger partial charge in [-0.1, -0.05) is 12.2 Å². The first-order valence-corrected chi connectivity index (χ1v) is 7.69. The van der Waals surface area contributed by atoms with E-state index in [9.17, 15) is 8.42 Å². The number of thiocarbonyl (C=S) groups is 1. The summed E-state index contributed by atoms with van der Waals surface area (Å²) in [5.74, 6) is 0. The van der Waals surface area contributed by atoms with Gasteiger partial charge < -0.3 is 10.5 Å². The van der Waals surface area contributed by atoms with Crippen LogP contribution in [0.3, 0.4) is 0 Å². The molecule has 1 aromatic rings. The summed E-state index contributed by atoms with van der Waals surface area (Å²) in [6.07, 6.45) is 0.701. The SMILES string of the molecule is NC(=S)c1ccc(S(=O)(=O)NC2CCOC2)s1. The fourth-order valence-corrected chi connectivity index (χ4v) is 4.13. The summed E-state index contributed by atoms with van der Waals surface area (Å²) >= 11 is 5.87. The molecule has 5 nitrogen and oxygen atoms in total. The summed E-state index contributed by atoms with van der Waals surface area (Å²) in [6, 6.07) is 2.99. The number of nitrogens with one attached hydrogen (secondary N) is 1. The van der Waals surface area contributed by atoms with Crippen molar-refractivity contribution in [1.82, 2.24) is 4.72 Å². The largest absolute Gasteiger partial charge is 0.389 e. The highest BCUT2D eigenvalue weighted by atomic mass is 32.2. The van der Waals surface area contributed by atoms with Crippen molar-refractivity contribution >= 4 is 38.6 Å². The van der Waals surface area contributed by atoms with Crippen molar-refractivity contribution in [2.45, 2.75) is 16.7 Å². The van der Waals surface area contributed by atoms with Gasteiger partial charge in [-0.3, -0.25) is 0 Å². The molecule has 0 amide bonds. The first-order chi connectivity index (χ1) is 7.99. The Hall–Kier alpha value is -0.540. The number of thiophene rings is 1. The maximum atomic E-state index is 12.0. The van der Waals surface area contributed by atoms with Crippen molar-refractivity contribution in [3.63, 3.8) is 0 Å². The zero-order chi connectivity index (χ0) is 12.5. The minimum Gasteiger partial charge on any atom is -0.389 e. The van der Waals surface area contributed by atoms with Crippen LogP contribution in [0.25, 0.3) is 0 Å². The Morgan fingerprint density at radius 2 is 2.35 bits per heavy atom. The van der Waals surface area contributed by atoms with Gasteiger partial charge in [0.1, 0.15) is 9.20 Å². The molecule has 0 aromatic carbocycles. The molecule has 1 saturated heterocycles. The second kappa shape index (κ2) is 4.99. The minimum atomic E-state index is -3.48. The second-order valence-electron chi connectivity index (χ2n) is 3.66. The molecule has 2 heterocycles. The maximum absolute atomic E-state index is 12.0. The number of rotatable bonds is 4. The lowest BCUT2D eigenvalue weighted by Crippen LogP contribution is -2.34. The lowest BCUT2D eigenvalue weighted by molar-refractivity contribution is 0.192. The van der Waals surface area contributed by atoms with Crippen molar-refractivity contribution in [2.75, 3.05) is 13.2 Å². The van der Waals surface area contributed by atoms with E-state index in [1.54, 1.807) is 6.07 Å². The molecule has 3 N–H and O–H groups in total. The van der Waals surface area contributed by atoms with Gasteiger partial charge in [-0.15, -0.1) is 11.3 Å². The molecule has 1 unspecified atom stereocenters. The predicted octanol–water partition coefficient (Wildman–Crippen LogP) is 0.449. The molecular formula is C9H12N2O3S3. The fraction of sp³-hybridized carbons (Fsp3) is 0.444. The van der Waals surface area contributed by atoms with Gasteiger partial charge in [-0.2, -0.15) is 0 Å². The lowest BCUT2D eigenvalue weighted by Gasteiger charge is -2.09. The van der Waals surface area contributed by atoms with Crippen LogP contribution in [0, 0.1) is 0 Å². The van der Waals surface area contributed by atoms with Crippen LogP contribution in [0.2, 0.25) is 0 Å². The van der Waals surface area contributed by atoms with Crippen LogP contribution in [-0.2, 0) is 14.8 Å². The van der Waals surface area contributed by atoms with Crippen molar-refractivity contribution in [3.05, 3.63) is 17.0 Å². The van der Waals surface area contributed by atoms with Crippen molar-refractivity contribution in [3.8, 4) is 0 Å². The standard InChI is InChI=1S/C9H12N2O3S3/c10-9(15)7-1-2-8(16-7)17(12,13)11-6-3-4-14-5-6/h1-2,6,11H,3-5H2,(H2,10,15). The highest BCUT2D eigenvalue weighted by Gasteiger charge is 2.24. The highest BCUT2D eigenvalue weighted by Crippen LogP contribution is 2.22. The van der Waals surface area contributed by atoms with Crippen LogP contribution in [0.15, 0.2) is 16.3 Å². The number of nitrogens with two attached hydrogens (primary N) is 1. The third kappa shape index (κ3) is 3.02. The summed E-state index contributed by atoms with van der Waals surface area (Å²) in [5, 5.41) is 0. The third-order valence-corrected chi connectivity index (χ3v) is 5.82. The van der Waals surface area contributed by atoms with E-state index in [4.69, 9.17) is 22.7 Å². The van der Waals surface area contributed by atoms with E-state index in [-0.39, 0.29) is 15.2 Å². The quantitative estimate of drug-likeness (QED) is 0.788. The Labute approximate surface area is 109 Å². The Kier molecular flexibility index (Phi) is 3.79. The van der Waals surface area contributed by atoms with Gasteiger partial charge in [0.15, 0.2) is 0 Å². The van der Waals surface area contributed by atoms with Crippen LogP contribution < -0.4 is 10.5 Å². The molecule has 1 atom stereocenters.